The second-order valence-corrected chi connectivity index (χ2v) is 4.08. The summed E-state index contributed by atoms with van der Waals surface area (Å²) in [6, 6.07) is 8.42. The van der Waals surface area contributed by atoms with Crippen LogP contribution in [0.4, 0.5) is 0 Å². The molecule has 0 aliphatic carbocycles. The summed E-state index contributed by atoms with van der Waals surface area (Å²) in [5.41, 5.74) is 11.6. The number of fused-ring (bicyclic) bond motifs is 1. The molecule has 6 N–H and O–H groups in total. The third-order valence-corrected chi connectivity index (χ3v) is 2.76. The van der Waals surface area contributed by atoms with E-state index >= 15 is 0 Å². The molecule has 0 heterocycles. The summed E-state index contributed by atoms with van der Waals surface area (Å²) in [5.74, 6) is -0.554. The molecule has 0 bridgehead atoms. The van der Waals surface area contributed by atoms with Crippen molar-refractivity contribution in [2.24, 2.45) is 11.5 Å². The molecule has 2 aromatic carbocycles. The fourth-order valence-corrected chi connectivity index (χ4v) is 1.85. The number of phenolic OH excluding ortho intramolecular Hbond substituents is 1. The average molecular weight is 292 g/mol. The van der Waals surface area contributed by atoms with E-state index in [-0.39, 0.29) is 24.0 Å². The van der Waals surface area contributed by atoms with Crippen molar-refractivity contribution in [3.63, 3.8) is 0 Å². The van der Waals surface area contributed by atoms with Gasteiger partial charge in [-0.1, -0.05) is 18.2 Å². The van der Waals surface area contributed by atoms with Gasteiger partial charge in [-0.05, 0) is 29.0 Å². The maximum atomic E-state index is 10.8. The van der Waals surface area contributed by atoms with Gasteiger partial charge in [0, 0.05) is 17.2 Å². The zero-order valence-electron chi connectivity index (χ0n) is 10.5. The monoisotopic (exact) mass is 291 g/mol. The summed E-state index contributed by atoms with van der Waals surface area (Å²) in [6.45, 7) is 0. The molecule has 1 amide bonds. The minimum Gasteiger partial charge on any atom is -0.507 e. The minimum atomic E-state index is -0.586. The molecule has 0 aliphatic heterocycles. The molecule has 0 aliphatic rings. The first-order valence-corrected chi connectivity index (χ1v) is 5.56. The van der Waals surface area contributed by atoms with Crippen LogP contribution in [0.2, 0.25) is 0 Å². The fraction of sp³-hybridized carbons (Fsp3) is 0. The number of rotatable bonds is 3. The topological polar surface area (TPSA) is 113 Å². The van der Waals surface area contributed by atoms with E-state index in [2.05, 4.69) is 0 Å². The molecule has 0 fully saturated rings. The Bertz CT molecular complexity index is 711. The normalized spacial score (nSPS) is 10.4. The number of nitrogens with one attached hydrogen (secondary N) is 1. The summed E-state index contributed by atoms with van der Waals surface area (Å²) in [7, 11) is 0. The number of nitrogen functional groups attached to an aromatic ring is 1. The Balaban J connectivity index is 0.00000200. The van der Waals surface area contributed by atoms with Crippen molar-refractivity contribution in [2.75, 3.05) is 0 Å². The van der Waals surface area contributed by atoms with Gasteiger partial charge in [0.25, 0.3) is 0 Å². The van der Waals surface area contributed by atoms with Crippen molar-refractivity contribution < 1.29 is 9.90 Å². The summed E-state index contributed by atoms with van der Waals surface area (Å²) in [4.78, 5) is 10.8. The number of aromatic hydroxyl groups is 1. The van der Waals surface area contributed by atoms with Crippen LogP contribution >= 0.6 is 12.4 Å². The van der Waals surface area contributed by atoms with Gasteiger partial charge >= 0.3 is 0 Å². The Kier molecular flexibility index (Phi) is 4.72. The maximum Gasteiger partial charge on any atom is 0.241 e. The van der Waals surface area contributed by atoms with Crippen molar-refractivity contribution in [3.8, 4) is 5.75 Å². The molecule has 0 unspecified atom stereocenters. The first-order chi connectivity index (χ1) is 8.99. The number of halogens is 1. The van der Waals surface area contributed by atoms with Crippen LogP contribution in [0, 0.1) is 5.41 Å². The molecule has 6 heteroatoms. The highest BCUT2D eigenvalue weighted by Crippen LogP contribution is 2.29. The first kappa shape index (κ1) is 15.5. The molecule has 2 rings (SSSR count). The minimum absolute atomic E-state index is 0. The second-order valence-electron chi connectivity index (χ2n) is 4.08. The number of benzene rings is 2. The SMILES string of the molecule is Cl.N=C(N)c1ccc2c(/C=C/C(N)=O)c(O)ccc2c1. The van der Waals surface area contributed by atoms with E-state index in [4.69, 9.17) is 16.9 Å². The number of amides is 1. The van der Waals surface area contributed by atoms with E-state index in [1.807, 2.05) is 0 Å². The van der Waals surface area contributed by atoms with Crippen molar-refractivity contribution in [2.45, 2.75) is 0 Å². The van der Waals surface area contributed by atoms with E-state index in [9.17, 15) is 9.90 Å². The molecule has 0 spiro atoms. The van der Waals surface area contributed by atoms with Gasteiger partial charge in [-0.15, -0.1) is 12.4 Å². The molecule has 0 radical (unpaired) electrons. The van der Waals surface area contributed by atoms with Crippen LogP contribution in [-0.2, 0) is 4.79 Å². The van der Waals surface area contributed by atoms with Crippen LogP contribution < -0.4 is 11.5 Å². The number of carbonyl (C=O) groups is 1. The molecule has 0 atom stereocenters. The fourth-order valence-electron chi connectivity index (χ4n) is 1.85. The van der Waals surface area contributed by atoms with E-state index in [0.717, 1.165) is 10.8 Å². The molecular weight excluding hydrogens is 278 g/mol. The highest BCUT2D eigenvalue weighted by atomic mass is 35.5. The van der Waals surface area contributed by atoms with Gasteiger partial charge in [0.2, 0.25) is 5.91 Å². The zero-order chi connectivity index (χ0) is 14.0. The van der Waals surface area contributed by atoms with Gasteiger partial charge in [0.05, 0.1) is 0 Å². The van der Waals surface area contributed by atoms with Crippen LogP contribution in [-0.4, -0.2) is 16.8 Å². The van der Waals surface area contributed by atoms with Gasteiger partial charge in [-0.3, -0.25) is 10.2 Å². The van der Waals surface area contributed by atoms with Gasteiger partial charge in [-0.2, -0.15) is 0 Å². The van der Waals surface area contributed by atoms with Crippen molar-refractivity contribution >= 4 is 41.0 Å². The van der Waals surface area contributed by atoms with Crippen molar-refractivity contribution in [1.82, 2.24) is 0 Å². The summed E-state index contributed by atoms with van der Waals surface area (Å²) < 4.78 is 0. The molecule has 20 heavy (non-hydrogen) atoms. The average Bonchev–Trinajstić information content (AvgIpc) is 2.36. The van der Waals surface area contributed by atoms with Gasteiger partial charge in [0.15, 0.2) is 0 Å². The second kappa shape index (κ2) is 6.08. The van der Waals surface area contributed by atoms with Crippen LogP contribution in [0.1, 0.15) is 11.1 Å². The molecule has 0 saturated heterocycles. The molecule has 2 aromatic rings. The summed E-state index contributed by atoms with van der Waals surface area (Å²) in [5, 5.41) is 18.8. The molecule has 0 saturated carbocycles. The van der Waals surface area contributed by atoms with Crippen LogP contribution in [0.5, 0.6) is 5.75 Å². The predicted octanol–water partition coefficient (Wildman–Crippen LogP) is 1.75. The number of hydrogen-bond acceptors (Lipinski definition) is 3. The summed E-state index contributed by atoms with van der Waals surface area (Å²) in [6.07, 6.45) is 2.65. The quantitative estimate of drug-likeness (QED) is 0.392. The lowest BCUT2D eigenvalue weighted by Crippen LogP contribution is -2.10. The Labute approximate surface area is 121 Å². The molecule has 5 nitrogen and oxygen atoms in total. The van der Waals surface area contributed by atoms with Crippen LogP contribution in [0.25, 0.3) is 16.8 Å². The maximum absolute atomic E-state index is 10.8. The zero-order valence-corrected chi connectivity index (χ0v) is 11.3. The first-order valence-electron chi connectivity index (χ1n) is 5.56. The third kappa shape index (κ3) is 3.07. The largest absolute Gasteiger partial charge is 0.507 e. The smallest absolute Gasteiger partial charge is 0.241 e. The number of phenols is 1. The van der Waals surface area contributed by atoms with Crippen LogP contribution in [0.3, 0.4) is 0 Å². The highest BCUT2D eigenvalue weighted by molar-refractivity contribution is 6.02. The van der Waals surface area contributed by atoms with E-state index in [1.165, 1.54) is 18.2 Å². The van der Waals surface area contributed by atoms with Crippen molar-refractivity contribution in [1.29, 1.82) is 5.41 Å². The Morgan fingerprint density at radius 3 is 2.50 bits per heavy atom. The number of hydrogen-bond donors (Lipinski definition) is 4. The third-order valence-electron chi connectivity index (χ3n) is 2.76. The number of primary amides is 1. The predicted molar refractivity (Wildman–Crippen MR) is 82.1 cm³/mol. The summed E-state index contributed by atoms with van der Waals surface area (Å²) >= 11 is 0. The van der Waals surface area contributed by atoms with Gasteiger partial charge in [-0.25, -0.2) is 0 Å². The van der Waals surface area contributed by atoms with E-state index < -0.39 is 5.91 Å². The van der Waals surface area contributed by atoms with Gasteiger partial charge in [0.1, 0.15) is 11.6 Å². The van der Waals surface area contributed by atoms with Gasteiger partial charge < -0.3 is 16.6 Å². The molecule has 104 valence electrons. The van der Waals surface area contributed by atoms with Crippen LogP contribution in [0.15, 0.2) is 36.4 Å². The molecule has 0 aromatic heterocycles. The van der Waals surface area contributed by atoms with E-state index in [1.54, 1.807) is 24.3 Å². The lowest BCUT2D eigenvalue weighted by molar-refractivity contribution is -0.113. The lowest BCUT2D eigenvalue weighted by atomic mass is 10.0. The lowest BCUT2D eigenvalue weighted by Gasteiger charge is -2.07. The Morgan fingerprint density at radius 2 is 1.90 bits per heavy atom. The van der Waals surface area contributed by atoms with E-state index in [0.29, 0.717) is 11.1 Å². The standard InChI is InChI=1S/C14H13N3O2.ClH/c15-13(19)6-4-11-10-3-1-9(14(16)17)7-8(10)2-5-12(11)18;/h1-7,18H,(H2,15,19)(H3,16,17);1H/b6-4+;. The highest BCUT2D eigenvalue weighted by Gasteiger charge is 2.06. The Morgan fingerprint density at radius 1 is 1.20 bits per heavy atom. The number of amidine groups is 1. The number of nitrogens with two attached hydrogens (primary N) is 2. The number of carbonyl (C=O) groups excluding carboxylic acids is 1. The van der Waals surface area contributed by atoms with Crippen molar-refractivity contribution in [3.05, 3.63) is 47.5 Å². The Hall–Kier alpha value is -2.53. The molecular formula is C14H14ClN3O2.